The molecule has 0 aliphatic rings. The molecule has 0 bridgehead atoms. The van der Waals surface area contributed by atoms with Crippen molar-refractivity contribution in [2.24, 2.45) is 5.16 Å². The maximum Gasteiger partial charge on any atom is 0.319 e. The molecule has 2 aromatic carbocycles. The first-order valence-corrected chi connectivity index (χ1v) is 9.33. The van der Waals surface area contributed by atoms with Crippen LogP contribution in [0.5, 0.6) is 0 Å². The van der Waals surface area contributed by atoms with Crippen LogP contribution in [0, 0.1) is 0 Å². The normalized spacial score (nSPS) is 11.7. The Labute approximate surface area is 175 Å². The lowest BCUT2D eigenvalue weighted by Crippen LogP contribution is -2.43. The van der Waals surface area contributed by atoms with Gasteiger partial charge in [0.05, 0.1) is 21.8 Å². The number of carbonyl (C=O) groups is 2. The van der Waals surface area contributed by atoms with Crippen molar-refractivity contribution in [2.75, 3.05) is 19.4 Å². The average molecular weight is 417 g/mol. The highest BCUT2D eigenvalue weighted by Crippen LogP contribution is 2.24. The molecule has 0 fully saturated rings. The zero-order chi connectivity index (χ0) is 21.8. The molecule has 0 radical (unpaired) electrons. The number of oxime groups is 1. The molecule has 0 unspecified atom stereocenters. The van der Waals surface area contributed by atoms with E-state index in [1.165, 1.54) is 4.90 Å². The molecule has 29 heavy (non-hydrogen) atoms. The van der Waals surface area contributed by atoms with Gasteiger partial charge in [0.15, 0.2) is 0 Å². The molecule has 7 nitrogen and oxygen atoms in total. The summed E-state index contributed by atoms with van der Waals surface area (Å²) in [6, 6.07) is 11.7. The minimum atomic E-state index is -0.704. The van der Waals surface area contributed by atoms with E-state index in [1.807, 2.05) is 38.1 Å². The summed E-state index contributed by atoms with van der Waals surface area (Å²) in [5.74, 6) is -0.253. The van der Waals surface area contributed by atoms with Crippen molar-refractivity contribution >= 4 is 34.9 Å². The van der Waals surface area contributed by atoms with Gasteiger partial charge in [0, 0.05) is 19.8 Å². The Hall–Kier alpha value is -3.06. The SMILES string of the molecule is C/C(=N\O)c1cccc(C(C)(C)NC(=O)Nc2ccc(Cl)c(C(=O)N(C)C)c2)c1. The number of amides is 3. The molecule has 154 valence electrons. The van der Waals surface area contributed by atoms with Crippen LogP contribution < -0.4 is 10.6 Å². The van der Waals surface area contributed by atoms with E-state index in [0.29, 0.717) is 22.0 Å². The van der Waals surface area contributed by atoms with E-state index >= 15 is 0 Å². The van der Waals surface area contributed by atoms with Crippen LogP contribution >= 0.6 is 11.6 Å². The van der Waals surface area contributed by atoms with Gasteiger partial charge >= 0.3 is 6.03 Å². The Morgan fingerprint density at radius 1 is 1.14 bits per heavy atom. The molecule has 0 atom stereocenters. The number of halogens is 1. The predicted molar refractivity (Wildman–Crippen MR) is 115 cm³/mol. The van der Waals surface area contributed by atoms with Gasteiger partial charge < -0.3 is 20.7 Å². The molecule has 2 rings (SSSR count). The van der Waals surface area contributed by atoms with Gasteiger partial charge in [-0.1, -0.05) is 35.0 Å². The van der Waals surface area contributed by atoms with Crippen LogP contribution in [-0.2, 0) is 5.54 Å². The van der Waals surface area contributed by atoms with E-state index in [2.05, 4.69) is 15.8 Å². The van der Waals surface area contributed by atoms with Gasteiger partial charge in [-0.2, -0.15) is 0 Å². The predicted octanol–water partition coefficient (Wildman–Crippen LogP) is 4.30. The maximum atomic E-state index is 12.6. The average Bonchev–Trinajstić information content (AvgIpc) is 2.67. The summed E-state index contributed by atoms with van der Waals surface area (Å²) in [7, 11) is 3.26. The third-order valence-electron chi connectivity index (χ3n) is 4.44. The molecule has 0 saturated heterocycles. The first-order valence-electron chi connectivity index (χ1n) is 8.95. The van der Waals surface area contributed by atoms with Crippen LogP contribution in [0.1, 0.15) is 42.3 Å². The largest absolute Gasteiger partial charge is 0.411 e. The molecule has 3 amide bonds. The number of carbonyl (C=O) groups excluding carboxylic acids is 2. The first kappa shape index (κ1) is 22.2. The van der Waals surface area contributed by atoms with Crippen molar-refractivity contribution in [1.82, 2.24) is 10.2 Å². The highest BCUT2D eigenvalue weighted by Gasteiger charge is 2.24. The fourth-order valence-corrected chi connectivity index (χ4v) is 2.92. The lowest BCUT2D eigenvalue weighted by Gasteiger charge is -2.27. The molecule has 0 aromatic heterocycles. The molecular weight excluding hydrogens is 392 g/mol. The lowest BCUT2D eigenvalue weighted by molar-refractivity contribution is 0.0827. The summed E-state index contributed by atoms with van der Waals surface area (Å²) in [5, 5.41) is 18.2. The van der Waals surface area contributed by atoms with Crippen molar-refractivity contribution < 1.29 is 14.8 Å². The van der Waals surface area contributed by atoms with Gasteiger partial charge in [0.1, 0.15) is 0 Å². The molecule has 0 spiro atoms. The second-order valence-electron chi connectivity index (χ2n) is 7.36. The topological polar surface area (TPSA) is 94.0 Å². The van der Waals surface area contributed by atoms with E-state index in [0.717, 1.165) is 11.1 Å². The Balaban J connectivity index is 2.18. The summed E-state index contributed by atoms with van der Waals surface area (Å²) in [6.45, 7) is 5.42. The number of nitrogens with zero attached hydrogens (tertiary/aromatic N) is 2. The van der Waals surface area contributed by atoms with Crippen LogP contribution in [-0.4, -0.2) is 41.9 Å². The van der Waals surface area contributed by atoms with Crippen LogP contribution in [0.2, 0.25) is 5.02 Å². The van der Waals surface area contributed by atoms with Gasteiger partial charge in [-0.25, -0.2) is 4.79 Å². The molecule has 8 heteroatoms. The van der Waals surface area contributed by atoms with Gasteiger partial charge in [-0.05, 0) is 56.2 Å². The molecule has 0 heterocycles. The van der Waals surface area contributed by atoms with Crippen molar-refractivity contribution in [1.29, 1.82) is 0 Å². The lowest BCUT2D eigenvalue weighted by atomic mass is 9.92. The third-order valence-corrected chi connectivity index (χ3v) is 4.77. The molecule has 3 N–H and O–H groups in total. The second kappa shape index (κ2) is 8.96. The van der Waals surface area contributed by atoms with E-state index < -0.39 is 11.6 Å². The van der Waals surface area contributed by atoms with Gasteiger partial charge in [-0.15, -0.1) is 0 Å². The molecule has 0 aliphatic carbocycles. The Morgan fingerprint density at radius 2 is 1.83 bits per heavy atom. The number of nitrogens with one attached hydrogen (secondary N) is 2. The van der Waals surface area contributed by atoms with Crippen molar-refractivity contribution in [3.63, 3.8) is 0 Å². The van der Waals surface area contributed by atoms with E-state index in [9.17, 15) is 9.59 Å². The zero-order valence-electron chi connectivity index (χ0n) is 17.1. The fourth-order valence-electron chi connectivity index (χ4n) is 2.72. The number of anilines is 1. The molecule has 2 aromatic rings. The third kappa shape index (κ3) is 5.48. The number of hydrogen-bond acceptors (Lipinski definition) is 4. The minimum absolute atomic E-state index is 0.253. The Kier molecular flexibility index (Phi) is 6.87. The quantitative estimate of drug-likeness (QED) is 0.385. The van der Waals surface area contributed by atoms with E-state index in [-0.39, 0.29) is 5.91 Å². The van der Waals surface area contributed by atoms with Crippen LogP contribution in [0.25, 0.3) is 0 Å². The number of urea groups is 1. The van der Waals surface area contributed by atoms with Crippen molar-refractivity contribution in [2.45, 2.75) is 26.3 Å². The molecule has 0 aliphatic heterocycles. The zero-order valence-corrected chi connectivity index (χ0v) is 17.8. The Morgan fingerprint density at radius 3 is 2.45 bits per heavy atom. The standard InChI is InChI=1S/C21H25ClN4O3/c1-13(25-29)14-7-6-8-15(11-14)21(2,3)24-20(28)23-16-9-10-18(22)17(12-16)19(27)26(4)5/h6-12,29H,1-5H3,(H2,23,24,28)/b25-13+. The van der Waals surface area contributed by atoms with Gasteiger partial charge in [-0.3, -0.25) is 4.79 Å². The van der Waals surface area contributed by atoms with Gasteiger partial charge in [0.25, 0.3) is 5.91 Å². The van der Waals surface area contributed by atoms with E-state index in [4.69, 9.17) is 16.8 Å². The van der Waals surface area contributed by atoms with Crippen LogP contribution in [0.4, 0.5) is 10.5 Å². The van der Waals surface area contributed by atoms with Crippen LogP contribution in [0.3, 0.4) is 0 Å². The Bertz CT molecular complexity index is 955. The number of rotatable bonds is 5. The van der Waals surface area contributed by atoms with Crippen LogP contribution in [0.15, 0.2) is 47.6 Å². The van der Waals surface area contributed by atoms with Crippen molar-refractivity contribution in [3.8, 4) is 0 Å². The smallest absolute Gasteiger partial charge is 0.319 e. The summed E-state index contributed by atoms with van der Waals surface area (Å²) >= 11 is 6.11. The van der Waals surface area contributed by atoms with Gasteiger partial charge in [0.2, 0.25) is 0 Å². The molecule has 0 saturated carbocycles. The summed E-state index contributed by atoms with van der Waals surface area (Å²) < 4.78 is 0. The maximum absolute atomic E-state index is 12.6. The highest BCUT2D eigenvalue weighted by molar-refractivity contribution is 6.34. The van der Waals surface area contributed by atoms with E-state index in [1.54, 1.807) is 39.2 Å². The molecular formula is C21H25ClN4O3. The minimum Gasteiger partial charge on any atom is -0.411 e. The number of hydrogen-bond donors (Lipinski definition) is 3. The summed E-state index contributed by atoms with van der Waals surface area (Å²) in [4.78, 5) is 26.2. The summed E-state index contributed by atoms with van der Waals surface area (Å²) in [5.41, 5.74) is 2.12. The number of benzene rings is 2. The monoisotopic (exact) mass is 416 g/mol. The summed E-state index contributed by atoms with van der Waals surface area (Å²) in [6.07, 6.45) is 0. The first-order chi connectivity index (χ1) is 13.5. The second-order valence-corrected chi connectivity index (χ2v) is 7.77. The highest BCUT2D eigenvalue weighted by atomic mass is 35.5. The fraction of sp³-hybridized carbons (Fsp3) is 0.286. The van der Waals surface area contributed by atoms with Crippen molar-refractivity contribution in [3.05, 3.63) is 64.2 Å².